The van der Waals surface area contributed by atoms with Crippen LogP contribution in [0.4, 0.5) is 0 Å². The summed E-state index contributed by atoms with van der Waals surface area (Å²) >= 11 is 0. The van der Waals surface area contributed by atoms with E-state index in [4.69, 9.17) is 16.4 Å². The van der Waals surface area contributed by atoms with Crippen LogP contribution in [-0.2, 0) is 89.6 Å². The monoisotopic (exact) mass is 1250 g/mol. The van der Waals surface area contributed by atoms with Gasteiger partial charge < -0.3 is 89.8 Å². The van der Waals surface area contributed by atoms with Crippen molar-refractivity contribution < 1.29 is 102 Å². The first-order chi connectivity index (χ1) is 42.0. The van der Waals surface area contributed by atoms with E-state index in [-0.39, 0.29) is 32.2 Å². The van der Waals surface area contributed by atoms with Gasteiger partial charge in [0.25, 0.3) is 0 Å². The fourth-order valence-corrected chi connectivity index (χ4v) is 7.97. The van der Waals surface area contributed by atoms with Crippen LogP contribution in [0, 0.1) is 0 Å². The van der Waals surface area contributed by atoms with Gasteiger partial charge in [-0.25, -0.2) is 0 Å². The van der Waals surface area contributed by atoms with Crippen LogP contribution in [0.3, 0.4) is 0 Å². The Kier molecular flexibility index (Phi) is 32.6. The zero-order chi connectivity index (χ0) is 66.8. The Morgan fingerprint density at radius 3 is 1.13 bits per heavy atom. The Morgan fingerprint density at radius 2 is 0.753 bits per heavy atom. The van der Waals surface area contributed by atoms with Gasteiger partial charge in [0.15, 0.2) is 0 Å². The van der Waals surface area contributed by atoms with Crippen LogP contribution in [-0.4, -0.2) is 201 Å². The highest BCUT2D eigenvalue weighted by atomic mass is 16.4. The van der Waals surface area contributed by atoms with Crippen molar-refractivity contribution in [1.82, 2.24) is 58.5 Å². The van der Waals surface area contributed by atoms with E-state index in [1.165, 1.54) is 0 Å². The number of nitrogens with one attached hydrogen (secondary N) is 11. The van der Waals surface area contributed by atoms with Crippen LogP contribution in [0.2, 0.25) is 0 Å². The van der Waals surface area contributed by atoms with Crippen molar-refractivity contribution >= 4 is 94.8 Å². The van der Waals surface area contributed by atoms with Crippen molar-refractivity contribution in [3.8, 4) is 0 Å². The highest BCUT2D eigenvalue weighted by Gasteiger charge is 2.36. The van der Waals surface area contributed by atoms with Crippen LogP contribution < -0.4 is 64.2 Å². The molecule has 0 aliphatic carbocycles. The number of aliphatic carboxylic acids is 5. The second-order valence-electron chi connectivity index (χ2n) is 19.9. The minimum Gasteiger partial charge on any atom is -0.481 e. The number of azide groups is 1. The van der Waals surface area contributed by atoms with Crippen LogP contribution in [0.1, 0.15) is 76.3 Å². The van der Waals surface area contributed by atoms with E-state index in [1.54, 1.807) is 74.5 Å². The summed E-state index contributed by atoms with van der Waals surface area (Å²) in [4.78, 5) is 207. The average molecular weight is 1250 g/mol. The molecule has 36 nitrogen and oxygen atoms in total. The first-order valence-corrected chi connectivity index (χ1v) is 27.1. The molecule has 0 bridgehead atoms. The minimum atomic E-state index is -2.24. The van der Waals surface area contributed by atoms with E-state index >= 15 is 0 Å². The zero-order valence-electron chi connectivity index (χ0n) is 48.1. The molecule has 0 saturated carbocycles. The molecule has 11 amide bonds. The number of carboxylic acids is 5. The van der Waals surface area contributed by atoms with Crippen LogP contribution in [0.25, 0.3) is 10.4 Å². The minimum absolute atomic E-state index is 0.0199. The van der Waals surface area contributed by atoms with Gasteiger partial charge in [-0.15, -0.1) is 0 Å². The van der Waals surface area contributed by atoms with E-state index in [0.29, 0.717) is 17.5 Å². The molecule has 0 heterocycles. The number of rotatable bonds is 42. The second kappa shape index (κ2) is 39.0. The number of unbranched alkanes of at least 4 members (excludes halogenated alkanes) is 1. The lowest BCUT2D eigenvalue weighted by Crippen LogP contribution is -2.60. The summed E-state index contributed by atoms with van der Waals surface area (Å²) in [6.07, 6.45) is -5.38. The van der Waals surface area contributed by atoms with Gasteiger partial charge in [-0.05, 0) is 29.5 Å². The number of benzene rings is 2. The number of hydrogen-bond acceptors (Lipinski definition) is 18. The molecule has 8 unspecified atom stereocenters. The van der Waals surface area contributed by atoms with E-state index in [1.807, 2.05) is 26.6 Å². The van der Waals surface area contributed by atoms with E-state index < -0.39 is 201 Å². The molecule has 8 atom stereocenters. The van der Waals surface area contributed by atoms with E-state index in [9.17, 15) is 97.1 Å². The quantitative estimate of drug-likeness (QED) is 0.0128. The Balaban J connectivity index is 2.25. The highest BCUT2D eigenvalue weighted by Crippen LogP contribution is 2.11. The fourth-order valence-electron chi connectivity index (χ4n) is 7.97. The van der Waals surface area contributed by atoms with Crippen molar-refractivity contribution in [3.63, 3.8) is 0 Å². The molecular weight excluding hydrogens is 1180 g/mol. The van der Waals surface area contributed by atoms with E-state index in [2.05, 4.69) is 41.9 Å². The number of carbonyl (C=O) groups is 16. The number of hydrogen-bond donors (Lipinski definition) is 17. The van der Waals surface area contributed by atoms with Gasteiger partial charge in [0.05, 0.1) is 57.8 Å². The molecule has 89 heavy (non-hydrogen) atoms. The van der Waals surface area contributed by atoms with Crippen molar-refractivity contribution in [3.05, 3.63) is 82.2 Å². The maximum Gasteiger partial charge on any atom is 0.305 e. The molecule has 2 rings (SSSR count). The zero-order valence-corrected chi connectivity index (χ0v) is 48.1. The van der Waals surface area contributed by atoms with E-state index in [0.717, 1.165) is 0 Å². The number of nitrogens with two attached hydrogens (primary N) is 1. The van der Waals surface area contributed by atoms with Gasteiger partial charge in [0, 0.05) is 30.3 Å². The van der Waals surface area contributed by atoms with Gasteiger partial charge in [-0.2, -0.15) is 0 Å². The summed E-state index contributed by atoms with van der Waals surface area (Å²) in [5.41, 5.74) is 15.1. The van der Waals surface area contributed by atoms with Crippen LogP contribution in [0.15, 0.2) is 65.8 Å². The number of carboxylic acid groups (broad SMARTS) is 5. The predicted octanol–water partition coefficient (Wildman–Crippen LogP) is -5.08. The van der Waals surface area contributed by atoms with Crippen molar-refractivity contribution in [2.24, 2.45) is 10.8 Å². The molecule has 0 spiro atoms. The summed E-state index contributed by atoms with van der Waals surface area (Å²) in [5, 5.41) is 75.1. The summed E-state index contributed by atoms with van der Waals surface area (Å²) in [5.74, 6) is -21.2. The van der Waals surface area contributed by atoms with Crippen molar-refractivity contribution in [2.45, 2.75) is 132 Å². The van der Waals surface area contributed by atoms with Gasteiger partial charge >= 0.3 is 29.8 Å². The lowest BCUT2D eigenvalue weighted by molar-refractivity contribution is -0.144. The molecule has 18 N–H and O–H groups in total. The maximum absolute atomic E-state index is 14.3. The number of carbonyl (C=O) groups excluding carboxylic acids is 11. The molecule has 0 radical (unpaired) electrons. The molecule has 0 aromatic heterocycles. The Labute approximate surface area is 506 Å². The molecule has 0 aliphatic rings. The third kappa shape index (κ3) is 30.7. The highest BCUT2D eigenvalue weighted by molar-refractivity contribution is 6.00. The molecule has 2 aromatic rings. The molecular formula is C53H71N15O21. The number of amides is 11. The molecule has 0 fully saturated rings. The van der Waals surface area contributed by atoms with Gasteiger partial charge in [0.1, 0.15) is 42.3 Å². The Morgan fingerprint density at radius 1 is 0.427 bits per heavy atom. The van der Waals surface area contributed by atoms with Crippen molar-refractivity contribution in [1.29, 1.82) is 0 Å². The summed E-state index contributed by atoms with van der Waals surface area (Å²) in [6, 6.07) is 1.62. The Hall–Kier alpha value is -10.8. The number of primary amides is 1. The standard InChI is InChI=1S/C53H71N15O21/c1-27(2)60-34(20-42(74)75)50(86)65-33(19-41(72)73)47(83)58-25-39(70)56-24-38(69)57-26-40(71)61-35(21-43(76)77)51(87)66-37(23-45(80)81)53(89)67-36(22-44(78)79)52(88)64-32(18-29-13-7-4-8-14-29)49(85)63-31(17-28-11-5-3-6-12-28)48(84)62-30(46(54)82)15-9-10-16-59-68-55/h3-8,11-14,27,30-37,60H,9-10,15-26H2,1-2H3,(H2,54,82)(H,56,70)(H,57,69)(H,58,83)(H,61,71)(H,62,84)(H,63,85)(H,64,88)(H,65,86)(H,66,87)(H,67,89)(H,72,73)(H,74,75)(H,76,77)(H,78,79)(H,80,81). The lowest BCUT2D eigenvalue weighted by atomic mass is 10.0. The first kappa shape index (κ1) is 74.3. The van der Waals surface area contributed by atoms with Crippen LogP contribution in [0.5, 0.6) is 0 Å². The summed E-state index contributed by atoms with van der Waals surface area (Å²) in [6.45, 7) is 0.468. The third-order valence-electron chi connectivity index (χ3n) is 12.2. The third-order valence-corrected chi connectivity index (χ3v) is 12.2. The average Bonchev–Trinajstić information content (AvgIpc) is 2.93. The Bertz CT molecular complexity index is 2930. The van der Waals surface area contributed by atoms with Crippen molar-refractivity contribution in [2.75, 3.05) is 26.2 Å². The first-order valence-electron chi connectivity index (χ1n) is 27.1. The fraction of sp³-hybridized carbons (Fsp3) is 0.472. The maximum atomic E-state index is 14.3. The predicted molar refractivity (Wildman–Crippen MR) is 303 cm³/mol. The largest absolute Gasteiger partial charge is 0.481 e. The lowest BCUT2D eigenvalue weighted by Gasteiger charge is -2.27. The molecule has 484 valence electrons. The molecule has 36 heteroatoms. The van der Waals surface area contributed by atoms with Gasteiger partial charge in [0.2, 0.25) is 65.0 Å². The topological polar surface area (TPSA) is 581 Å². The SMILES string of the molecule is CC(C)NC(CC(=O)O)C(=O)NC(CC(=O)O)C(=O)NCC(=O)NCC(=O)NCC(=O)NC(CC(=O)O)C(=O)NC(CC(=O)O)C(=O)NC(CC(=O)O)C(=O)NC(Cc1ccccc1)C(=O)NC(Cc1ccccc1)C(=O)NC(CCCCN=[N+]=[N-])C(N)=O. The van der Waals surface area contributed by atoms with Gasteiger partial charge in [-0.3, -0.25) is 76.7 Å². The second-order valence-corrected chi connectivity index (χ2v) is 19.9. The van der Waals surface area contributed by atoms with Gasteiger partial charge in [-0.1, -0.05) is 86.0 Å². The smallest absolute Gasteiger partial charge is 0.305 e. The molecule has 0 saturated heterocycles. The normalized spacial score (nSPS) is 13.3. The van der Waals surface area contributed by atoms with Crippen LogP contribution >= 0.6 is 0 Å². The number of nitrogens with zero attached hydrogens (tertiary/aromatic N) is 3. The summed E-state index contributed by atoms with van der Waals surface area (Å²) < 4.78 is 0. The summed E-state index contributed by atoms with van der Waals surface area (Å²) in [7, 11) is 0. The molecule has 0 aliphatic heterocycles. The molecule has 2 aromatic carbocycles.